The summed E-state index contributed by atoms with van der Waals surface area (Å²) < 4.78 is 50.4. The highest BCUT2D eigenvalue weighted by molar-refractivity contribution is 5.82. The fourth-order valence-electron chi connectivity index (χ4n) is 5.98. The van der Waals surface area contributed by atoms with Gasteiger partial charge in [0.2, 0.25) is 5.95 Å². The van der Waals surface area contributed by atoms with E-state index in [4.69, 9.17) is 9.72 Å². The molecule has 10 heteroatoms. The van der Waals surface area contributed by atoms with Crippen molar-refractivity contribution in [3.05, 3.63) is 47.5 Å². The van der Waals surface area contributed by atoms with Crippen LogP contribution in [0, 0.1) is 0 Å². The average Bonchev–Trinajstić information content (AvgIpc) is 3.57. The minimum Gasteiger partial charge on any atom is -0.481 e. The Bertz CT molecular complexity index is 1360. The first-order valence-corrected chi connectivity index (χ1v) is 13.3. The lowest BCUT2D eigenvalue weighted by Gasteiger charge is -2.46. The van der Waals surface area contributed by atoms with E-state index < -0.39 is 12.3 Å². The molecule has 1 aliphatic heterocycles. The molecule has 1 saturated heterocycles. The lowest BCUT2D eigenvalue weighted by molar-refractivity contribution is -0.274. The zero-order chi connectivity index (χ0) is 28.2. The molecule has 1 saturated carbocycles. The Morgan fingerprint density at radius 2 is 1.77 bits per heavy atom. The molecule has 1 aromatic heterocycles. The van der Waals surface area contributed by atoms with Gasteiger partial charge in [0.05, 0.1) is 22.2 Å². The summed E-state index contributed by atoms with van der Waals surface area (Å²) in [6, 6.07) is 9.78. The van der Waals surface area contributed by atoms with Gasteiger partial charge in [-0.2, -0.15) is 0 Å². The predicted octanol–water partition coefficient (Wildman–Crippen LogP) is 7.48. The maximum atomic E-state index is 12.6. The summed E-state index contributed by atoms with van der Waals surface area (Å²) in [6.45, 7) is 8.30. The second-order valence-electron chi connectivity index (χ2n) is 11.9. The van der Waals surface area contributed by atoms with Crippen molar-refractivity contribution in [3.63, 3.8) is 0 Å². The number of benzene rings is 2. The number of halogens is 3. The maximum absolute atomic E-state index is 12.6. The maximum Gasteiger partial charge on any atom is 0.573 e. The molecule has 2 N–H and O–H groups in total. The second-order valence-corrected chi connectivity index (χ2v) is 11.9. The number of hydrogen-bond acceptors (Lipinski definition) is 5. The van der Waals surface area contributed by atoms with Crippen LogP contribution in [-0.4, -0.2) is 38.2 Å². The number of rotatable bonds is 8. The van der Waals surface area contributed by atoms with Crippen LogP contribution in [0.25, 0.3) is 11.0 Å². The fraction of sp³-hybridized carbons (Fsp3) is 0.517. The number of carboxylic acid groups (broad SMARTS) is 1. The Kier molecular flexibility index (Phi) is 6.81. The van der Waals surface area contributed by atoms with E-state index in [2.05, 4.69) is 48.4 Å². The molecule has 2 heterocycles. The highest BCUT2D eigenvalue weighted by Crippen LogP contribution is 2.46. The summed E-state index contributed by atoms with van der Waals surface area (Å²) in [4.78, 5) is 16.2. The van der Waals surface area contributed by atoms with E-state index in [1.807, 2.05) is 6.07 Å². The number of alkyl halides is 3. The molecule has 5 rings (SSSR count). The summed E-state index contributed by atoms with van der Waals surface area (Å²) in [7, 11) is 0. The summed E-state index contributed by atoms with van der Waals surface area (Å²) in [5.41, 5.74) is 3.70. The third kappa shape index (κ3) is 6.49. The van der Waals surface area contributed by atoms with Crippen molar-refractivity contribution in [1.29, 1.82) is 0 Å². The minimum atomic E-state index is -4.76. The molecule has 0 spiro atoms. The normalized spacial score (nSPS) is 19.3. The third-order valence-corrected chi connectivity index (χ3v) is 7.29. The number of aryl methyl sites for hydroxylation is 1. The van der Waals surface area contributed by atoms with Gasteiger partial charge in [0.15, 0.2) is 0 Å². The van der Waals surface area contributed by atoms with Crippen molar-refractivity contribution >= 4 is 28.6 Å². The standard InChI is InChI=1S/C29H34F3N3O4/c1-27(2)15-20(16-28(3,4)39-27)35-24-14-22(17-5-6-17)18(7-12-25(36)37)13-23(24)34-26(35)33-19-8-10-21(11-9-19)38-29(30,31)32/h8-11,13-14,17,20H,5-7,12,15-16H2,1-4H3,(H,33,34)(H,36,37). The topological polar surface area (TPSA) is 85.6 Å². The van der Waals surface area contributed by atoms with Gasteiger partial charge in [-0.25, -0.2) is 4.98 Å². The zero-order valence-electron chi connectivity index (χ0n) is 22.6. The molecule has 3 aromatic rings. The van der Waals surface area contributed by atoms with Gasteiger partial charge in [-0.3, -0.25) is 4.79 Å². The van der Waals surface area contributed by atoms with E-state index in [1.54, 1.807) is 0 Å². The molecule has 7 nitrogen and oxygen atoms in total. The number of ether oxygens (including phenoxy) is 2. The van der Waals surface area contributed by atoms with Crippen molar-refractivity contribution in [3.8, 4) is 5.75 Å². The number of nitrogens with zero attached hydrogens (tertiary/aromatic N) is 2. The minimum absolute atomic E-state index is 0.0426. The van der Waals surface area contributed by atoms with Crippen LogP contribution in [0.4, 0.5) is 24.8 Å². The molecule has 0 unspecified atom stereocenters. The number of aromatic nitrogens is 2. The Morgan fingerprint density at radius 3 is 2.33 bits per heavy atom. The van der Waals surface area contributed by atoms with Gasteiger partial charge < -0.3 is 24.5 Å². The molecule has 1 aliphatic carbocycles. The predicted molar refractivity (Wildman–Crippen MR) is 142 cm³/mol. The molecular formula is C29H34F3N3O4. The van der Waals surface area contributed by atoms with Crippen LogP contribution in [-0.2, 0) is 16.0 Å². The molecule has 0 radical (unpaired) electrons. The lowest BCUT2D eigenvalue weighted by Crippen LogP contribution is -2.45. The van der Waals surface area contributed by atoms with Crippen LogP contribution in [0.5, 0.6) is 5.75 Å². The molecule has 2 fully saturated rings. The SMILES string of the molecule is CC1(C)CC(n2c(Nc3ccc(OC(F)(F)F)cc3)nc3cc(CCC(=O)O)c(C4CC4)cc32)CC(C)(C)O1. The molecule has 2 aliphatic rings. The zero-order valence-corrected chi connectivity index (χ0v) is 22.6. The Labute approximate surface area is 225 Å². The van der Waals surface area contributed by atoms with Crippen molar-refractivity contribution in [1.82, 2.24) is 9.55 Å². The van der Waals surface area contributed by atoms with Gasteiger partial charge in [0, 0.05) is 18.2 Å². The average molecular weight is 546 g/mol. The van der Waals surface area contributed by atoms with Crippen molar-refractivity contribution < 1.29 is 32.5 Å². The smallest absolute Gasteiger partial charge is 0.481 e. The van der Waals surface area contributed by atoms with E-state index >= 15 is 0 Å². The molecule has 39 heavy (non-hydrogen) atoms. The summed E-state index contributed by atoms with van der Waals surface area (Å²) in [5.74, 6) is -0.146. The Morgan fingerprint density at radius 1 is 1.13 bits per heavy atom. The number of fused-ring (bicyclic) bond motifs is 1. The lowest BCUT2D eigenvalue weighted by atomic mass is 9.85. The van der Waals surface area contributed by atoms with Gasteiger partial charge in [0.1, 0.15) is 5.75 Å². The summed E-state index contributed by atoms with van der Waals surface area (Å²) >= 11 is 0. The van der Waals surface area contributed by atoms with Crippen LogP contribution in [0.2, 0.25) is 0 Å². The molecule has 210 valence electrons. The molecular weight excluding hydrogens is 511 g/mol. The van der Waals surface area contributed by atoms with E-state index in [-0.39, 0.29) is 29.4 Å². The van der Waals surface area contributed by atoms with Crippen molar-refractivity contribution in [2.24, 2.45) is 0 Å². The first kappa shape index (κ1) is 27.3. The monoisotopic (exact) mass is 545 g/mol. The fourth-order valence-corrected chi connectivity index (χ4v) is 5.98. The molecule has 0 atom stereocenters. The number of nitrogens with one attached hydrogen (secondary N) is 1. The molecule has 0 amide bonds. The number of carboxylic acids is 1. The van der Waals surface area contributed by atoms with Crippen molar-refractivity contribution in [2.75, 3.05) is 5.32 Å². The van der Waals surface area contributed by atoms with Crippen LogP contribution >= 0.6 is 0 Å². The number of anilines is 2. The Balaban J connectivity index is 1.58. The van der Waals surface area contributed by atoms with Crippen LogP contribution in [0.1, 0.15) is 82.9 Å². The highest BCUT2D eigenvalue weighted by atomic mass is 19.4. The van der Waals surface area contributed by atoms with E-state index in [1.165, 1.54) is 29.8 Å². The van der Waals surface area contributed by atoms with Gasteiger partial charge in [-0.05, 0) is 113 Å². The molecule has 2 aromatic carbocycles. The van der Waals surface area contributed by atoms with Crippen LogP contribution in [0.15, 0.2) is 36.4 Å². The summed E-state index contributed by atoms with van der Waals surface area (Å²) in [6.07, 6.45) is -0.633. The largest absolute Gasteiger partial charge is 0.573 e. The van der Waals surface area contributed by atoms with Crippen molar-refractivity contribution in [2.45, 2.75) is 95.7 Å². The first-order valence-electron chi connectivity index (χ1n) is 13.3. The number of carbonyl (C=O) groups is 1. The van der Waals surface area contributed by atoms with Gasteiger partial charge in [-0.1, -0.05) is 0 Å². The number of hydrogen-bond donors (Lipinski definition) is 2. The highest BCUT2D eigenvalue weighted by Gasteiger charge is 2.41. The van der Waals surface area contributed by atoms with E-state index in [0.29, 0.717) is 24.0 Å². The number of imidazole rings is 1. The van der Waals surface area contributed by atoms with Crippen LogP contribution in [0.3, 0.4) is 0 Å². The second kappa shape index (κ2) is 9.73. The van der Waals surface area contributed by atoms with Gasteiger partial charge in [0.25, 0.3) is 0 Å². The van der Waals surface area contributed by atoms with Crippen LogP contribution < -0.4 is 10.1 Å². The first-order chi connectivity index (χ1) is 18.2. The quantitative estimate of drug-likeness (QED) is 0.305. The Hall–Kier alpha value is -3.27. The van der Waals surface area contributed by atoms with E-state index in [0.717, 1.165) is 42.3 Å². The number of aliphatic carboxylic acids is 1. The van der Waals surface area contributed by atoms with Gasteiger partial charge >= 0.3 is 12.3 Å². The van der Waals surface area contributed by atoms with E-state index in [9.17, 15) is 23.1 Å². The molecule has 0 bridgehead atoms. The van der Waals surface area contributed by atoms with Gasteiger partial charge in [-0.15, -0.1) is 13.2 Å². The third-order valence-electron chi connectivity index (χ3n) is 7.29. The summed E-state index contributed by atoms with van der Waals surface area (Å²) in [5, 5.41) is 12.6.